The van der Waals surface area contributed by atoms with E-state index < -0.39 is 4.92 Å². The zero-order chi connectivity index (χ0) is 13.0. The number of hydrogen-bond acceptors (Lipinski definition) is 5. The van der Waals surface area contributed by atoms with E-state index in [-0.39, 0.29) is 5.69 Å². The van der Waals surface area contributed by atoms with E-state index in [1.165, 1.54) is 12.1 Å². The number of aromatic nitrogens is 1. The minimum atomic E-state index is -0.460. The van der Waals surface area contributed by atoms with E-state index in [2.05, 4.69) is 10.3 Å². The number of benzene rings is 1. The van der Waals surface area contributed by atoms with Crippen LogP contribution in [0.25, 0.3) is 0 Å². The van der Waals surface area contributed by atoms with Crippen LogP contribution in [0.2, 0.25) is 0 Å². The smallest absolute Gasteiger partial charge is 0.273 e. The average molecular weight is 245 g/mol. The van der Waals surface area contributed by atoms with Gasteiger partial charge in [0.25, 0.3) is 5.69 Å². The molecular weight excluding hydrogens is 234 g/mol. The standard InChI is InChI=1S/C12H11N3O3/c1-13-12-8-11(5-6-14-12)18-10-4-2-3-9(7-10)15(16)17/h2-8H,1H3,(H,13,14). The summed E-state index contributed by atoms with van der Waals surface area (Å²) in [6, 6.07) is 9.41. The molecule has 0 aliphatic heterocycles. The van der Waals surface area contributed by atoms with Gasteiger partial charge in [-0.1, -0.05) is 6.07 Å². The summed E-state index contributed by atoms with van der Waals surface area (Å²) in [4.78, 5) is 14.2. The first kappa shape index (κ1) is 11.8. The fourth-order valence-corrected chi connectivity index (χ4v) is 1.41. The maximum Gasteiger partial charge on any atom is 0.273 e. The van der Waals surface area contributed by atoms with Gasteiger partial charge in [0, 0.05) is 25.4 Å². The van der Waals surface area contributed by atoms with Crippen molar-refractivity contribution < 1.29 is 9.66 Å². The van der Waals surface area contributed by atoms with E-state index in [4.69, 9.17) is 4.74 Å². The molecule has 0 fully saturated rings. The van der Waals surface area contributed by atoms with Crippen molar-refractivity contribution in [2.75, 3.05) is 12.4 Å². The molecule has 1 aromatic heterocycles. The predicted octanol–water partition coefficient (Wildman–Crippen LogP) is 2.82. The highest BCUT2D eigenvalue weighted by molar-refractivity contribution is 5.44. The number of anilines is 1. The fraction of sp³-hybridized carbons (Fsp3) is 0.0833. The largest absolute Gasteiger partial charge is 0.457 e. The number of pyridine rings is 1. The first-order valence-corrected chi connectivity index (χ1v) is 5.25. The third-order valence-corrected chi connectivity index (χ3v) is 2.25. The average Bonchev–Trinajstić information content (AvgIpc) is 2.39. The van der Waals surface area contributed by atoms with E-state index in [1.54, 1.807) is 37.5 Å². The zero-order valence-electron chi connectivity index (χ0n) is 9.66. The van der Waals surface area contributed by atoms with Crippen LogP contribution in [0.1, 0.15) is 0 Å². The number of nitro benzene ring substituents is 1. The Hall–Kier alpha value is -2.63. The Morgan fingerprint density at radius 3 is 2.78 bits per heavy atom. The highest BCUT2D eigenvalue weighted by Crippen LogP contribution is 2.25. The molecule has 0 radical (unpaired) electrons. The Bertz CT molecular complexity index is 572. The number of nitrogens with one attached hydrogen (secondary N) is 1. The van der Waals surface area contributed by atoms with Crippen molar-refractivity contribution in [2.24, 2.45) is 0 Å². The molecule has 1 N–H and O–H groups in total. The first-order chi connectivity index (χ1) is 8.69. The van der Waals surface area contributed by atoms with Crippen LogP contribution >= 0.6 is 0 Å². The SMILES string of the molecule is CNc1cc(Oc2cccc([N+](=O)[O-])c2)ccn1. The quantitative estimate of drug-likeness (QED) is 0.662. The second-order valence-electron chi connectivity index (χ2n) is 3.48. The monoisotopic (exact) mass is 245 g/mol. The number of nitro groups is 1. The van der Waals surface area contributed by atoms with Gasteiger partial charge in [-0.2, -0.15) is 0 Å². The lowest BCUT2D eigenvalue weighted by molar-refractivity contribution is -0.384. The van der Waals surface area contributed by atoms with Crippen LogP contribution in [0.4, 0.5) is 11.5 Å². The molecule has 0 unspecified atom stereocenters. The molecule has 2 aromatic rings. The van der Waals surface area contributed by atoms with Gasteiger partial charge in [-0.15, -0.1) is 0 Å². The van der Waals surface area contributed by atoms with Crippen LogP contribution in [0.15, 0.2) is 42.6 Å². The molecule has 18 heavy (non-hydrogen) atoms. The second-order valence-corrected chi connectivity index (χ2v) is 3.48. The lowest BCUT2D eigenvalue weighted by atomic mass is 10.3. The molecule has 92 valence electrons. The maximum absolute atomic E-state index is 10.6. The van der Waals surface area contributed by atoms with Crippen LogP contribution in [0, 0.1) is 10.1 Å². The molecule has 1 aromatic carbocycles. The van der Waals surface area contributed by atoms with Crippen molar-refractivity contribution in [2.45, 2.75) is 0 Å². The highest BCUT2D eigenvalue weighted by Gasteiger charge is 2.07. The maximum atomic E-state index is 10.6. The van der Waals surface area contributed by atoms with Crippen molar-refractivity contribution in [1.82, 2.24) is 4.98 Å². The molecule has 6 nitrogen and oxygen atoms in total. The molecule has 1 heterocycles. The molecule has 0 bridgehead atoms. The minimum Gasteiger partial charge on any atom is -0.457 e. The molecular formula is C12H11N3O3. The molecule has 6 heteroatoms. The first-order valence-electron chi connectivity index (χ1n) is 5.25. The van der Waals surface area contributed by atoms with Crippen LogP contribution < -0.4 is 10.1 Å². The van der Waals surface area contributed by atoms with Gasteiger partial charge in [0.1, 0.15) is 17.3 Å². The van der Waals surface area contributed by atoms with Crippen molar-refractivity contribution in [3.8, 4) is 11.5 Å². The van der Waals surface area contributed by atoms with E-state index in [1.807, 2.05) is 0 Å². The number of rotatable bonds is 4. The minimum absolute atomic E-state index is 0.00426. The van der Waals surface area contributed by atoms with E-state index in [0.717, 1.165) is 0 Å². The van der Waals surface area contributed by atoms with E-state index in [0.29, 0.717) is 17.3 Å². The van der Waals surface area contributed by atoms with E-state index >= 15 is 0 Å². The fourth-order valence-electron chi connectivity index (χ4n) is 1.41. The van der Waals surface area contributed by atoms with Gasteiger partial charge in [-0.3, -0.25) is 10.1 Å². The number of hydrogen-bond donors (Lipinski definition) is 1. The summed E-state index contributed by atoms with van der Waals surface area (Å²) in [5.41, 5.74) is -0.00426. The third kappa shape index (κ3) is 2.73. The Kier molecular flexibility index (Phi) is 3.38. The summed E-state index contributed by atoms with van der Waals surface area (Å²) in [6.45, 7) is 0. The van der Waals surface area contributed by atoms with Gasteiger partial charge in [0.15, 0.2) is 0 Å². The molecule has 0 aliphatic carbocycles. The van der Waals surface area contributed by atoms with Gasteiger partial charge in [0.05, 0.1) is 11.0 Å². The van der Waals surface area contributed by atoms with Crippen LogP contribution in [-0.4, -0.2) is 17.0 Å². The van der Waals surface area contributed by atoms with Crippen LogP contribution in [-0.2, 0) is 0 Å². The van der Waals surface area contributed by atoms with Crippen molar-refractivity contribution in [1.29, 1.82) is 0 Å². The van der Waals surface area contributed by atoms with Gasteiger partial charge in [-0.05, 0) is 12.1 Å². The van der Waals surface area contributed by atoms with E-state index in [9.17, 15) is 10.1 Å². The number of nitrogens with zero attached hydrogens (tertiary/aromatic N) is 2. The van der Waals surface area contributed by atoms with Crippen LogP contribution in [0.3, 0.4) is 0 Å². The molecule has 0 atom stereocenters. The summed E-state index contributed by atoms with van der Waals surface area (Å²) in [5, 5.41) is 13.5. The Morgan fingerprint density at radius 1 is 1.28 bits per heavy atom. The van der Waals surface area contributed by atoms with Crippen molar-refractivity contribution in [3.05, 3.63) is 52.7 Å². The third-order valence-electron chi connectivity index (χ3n) is 2.25. The topological polar surface area (TPSA) is 77.3 Å². The van der Waals surface area contributed by atoms with Gasteiger partial charge >= 0.3 is 0 Å². The molecule has 0 spiro atoms. The molecule has 0 saturated carbocycles. The van der Waals surface area contributed by atoms with Gasteiger partial charge < -0.3 is 10.1 Å². The summed E-state index contributed by atoms with van der Waals surface area (Å²) in [5.74, 6) is 1.64. The Labute approximate surface area is 103 Å². The Morgan fingerprint density at radius 2 is 2.06 bits per heavy atom. The summed E-state index contributed by atoms with van der Waals surface area (Å²) in [7, 11) is 1.75. The van der Waals surface area contributed by atoms with Crippen molar-refractivity contribution in [3.63, 3.8) is 0 Å². The number of non-ortho nitro benzene ring substituents is 1. The molecule has 0 saturated heterocycles. The highest BCUT2D eigenvalue weighted by atomic mass is 16.6. The molecule has 0 aliphatic rings. The summed E-state index contributed by atoms with van der Waals surface area (Å²) in [6.07, 6.45) is 1.60. The van der Waals surface area contributed by atoms with Crippen LogP contribution in [0.5, 0.6) is 11.5 Å². The summed E-state index contributed by atoms with van der Waals surface area (Å²) < 4.78 is 5.53. The second kappa shape index (κ2) is 5.13. The van der Waals surface area contributed by atoms with Gasteiger partial charge in [-0.25, -0.2) is 4.98 Å². The van der Waals surface area contributed by atoms with Crippen molar-refractivity contribution >= 4 is 11.5 Å². The predicted molar refractivity (Wildman–Crippen MR) is 67.0 cm³/mol. The number of ether oxygens (including phenoxy) is 1. The Balaban J connectivity index is 2.22. The normalized spacial score (nSPS) is 9.83. The lowest BCUT2D eigenvalue weighted by Crippen LogP contribution is -1.93. The zero-order valence-corrected chi connectivity index (χ0v) is 9.66. The molecule has 2 rings (SSSR count). The summed E-state index contributed by atoms with van der Waals surface area (Å²) >= 11 is 0. The lowest BCUT2D eigenvalue weighted by Gasteiger charge is -2.06. The molecule has 0 amide bonds. The van der Waals surface area contributed by atoms with Gasteiger partial charge in [0.2, 0.25) is 0 Å².